The Labute approximate surface area is 161 Å². The molecule has 1 saturated carbocycles. The molecule has 0 bridgehead atoms. The minimum absolute atomic E-state index is 0.00250. The van der Waals surface area contributed by atoms with E-state index in [-0.39, 0.29) is 28.8 Å². The second kappa shape index (κ2) is 6.83. The van der Waals surface area contributed by atoms with E-state index < -0.39 is 18.0 Å². The van der Waals surface area contributed by atoms with Crippen molar-refractivity contribution in [3.05, 3.63) is 59.2 Å². The molecule has 4 rings (SSSR count). The molecule has 1 fully saturated rings. The maximum absolute atomic E-state index is 13.4. The monoisotopic (exact) mass is 389 g/mol. The fraction of sp³-hybridized carbons (Fsp3) is 0.409. The molecule has 0 radical (unpaired) electrons. The standard InChI is InChI=1S/C22H22F3NO2/c23-21(24,25)13-14-7-6-11-17-19(14)26-20(28)22(17,15-8-2-1-3-9-15)16-10-4-5-12-18(16)27/h4-7,10-12,15,27H,1-3,8-9,13H2,(H,26,28). The van der Waals surface area contributed by atoms with Crippen molar-refractivity contribution in [2.75, 3.05) is 5.32 Å². The number of fused-ring (bicyclic) bond motifs is 1. The molecule has 1 aliphatic heterocycles. The first-order valence-electron chi connectivity index (χ1n) is 9.63. The van der Waals surface area contributed by atoms with Crippen molar-refractivity contribution in [3.63, 3.8) is 0 Å². The molecule has 1 amide bonds. The Morgan fingerprint density at radius 1 is 1.00 bits per heavy atom. The summed E-state index contributed by atoms with van der Waals surface area (Å²) in [7, 11) is 0. The number of para-hydroxylation sites is 2. The molecule has 2 N–H and O–H groups in total. The van der Waals surface area contributed by atoms with Crippen LogP contribution in [-0.4, -0.2) is 17.2 Å². The van der Waals surface area contributed by atoms with Gasteiger partial charge in [-0.25, -0.2) is 0 Å². The number of amides is 1. The van der Waals surface area contributed by atoms with E-state index in [9.17, 15) is 23.1 Å². The van der Waals surface area contributed by atoms with Gasteiger partial charge in [0.1, 0.15) is 11.2 Å². The molecule has 2 aliphatic rings. The van der Waals surface area contributed by atoms with Crippen LogP contribution in [0.4, 0.5) is 18.9 Å². The van der Waals surface area contributed by atoms with E-state index in [1.807, 2.05) is 0 Å². The topological polar surface area (TPSA) is 49.3 Å². The minimum Gasteiger partial charge on any atom is -0.508 e. The molecule has 0 aromatic heterocycles. The van der Waals surface area contributed by atoms with Crippen molar-refractivity contribution in [2.45, 2.75) is 50.1 Å². The summed E-state index contributed by atoms with van der Waals surface area (Å²) in [5, 5.41) is 13.4. The normalized spacial score (nSPS) is 22.8. The second-order valence-electron chi connectivity index (χ2n) is 7.75. The molecule has 3 nitrogen and oxygen atoms in total. The highest BCUT2D eigenvalue weighted by molar-refractivity contribution is 6.10. The zero-order chi connectivity index (χ0) is 19.9. The number of phenolic OH excluding ortho intramolecular Hbond substituents is 1. The van der Waals surface area contributed by atoms with Gasteiger partial charge in [-0.15, -0.1) is 0 Å². The maximum Gasteiger partial charge on any atom is 0.393 e. The lowest BCUT2D eigenvalue weighted by atomic mass is 9.61. The quantitative estimate of drug-likeness (QED) is 0.747. The SMILES string of the molecule is O=C1Nc2c(CC(F)(F)F)cccc2C1(c1ccccc1O)C1CCCCC1. The van der Waals surface area contributed by atoms with Gasteiger partial charge in [-0.1, -0.05) is 55.7 Å². The summed E-state index contributed by atoms with van der Waals surface area (Å²) >= 11 is 0. The second-order valence-corrected chi connectivity index (χ2v) is 7.75. The average molecular weight is 389 g/mol. The number of carbonyl (C=O) groups is 1. The van der Waals surface area contributed by atoms with Crippen LogP contribution in [0.15, 0.2) is 42.5 Å². The zero-order valence-corrected chi connectivity index (χ0v) is 15.4. The molecule has 2 aromatic carbocycles. The van der Waals surface area contributed by atoms with Crippen molar-refractivity contribution in [3.8, 4) is 5.75 Å². The van der Waals surface area contributed by atoms with Gasteiger partial charge in [-0.2, -0.15) is 13.2 Å². The largest absolute Gasteiger partial charge is 0.508 e. The van der Waals surface area contributed by atoms with Gasteiger partial charge in [0.15, 0.2) is 0 Å². The number of anilines is 1. The summed E-state index contributed by atoms with van der Waals surface area (Å²) in [6.07, 6.45) is -0.871. The summed E-state index contributed by atoms with van der Waals surface area (Å²) in [4.78, 5) is 13.4. The van der Waals surface area contributed by atoms with Crippen molar-refractivity contribution in [2.24, 2.45) is 5.92 Å². The fourth-order valence-corrected chi connectivity index (χ4v) is 5.01. The van der Waals surface area contributed by atoms with Crippen LogP contribution in [0.5, 0.6) is 5.75 Å². The fourth-order valence-electron chi connectivity index (χ4n) is 5.01. The van der Waals surface area contributed by atoms with Gasteiger partial charge in [0.25, 0.3) is 0 Å². The van der Waals surface area contributed by atoms with Gasteiger partial charge in [-0.3, -0.25) is 4.79 Å². The van der Waals surface area contributed by atoms with Crippen molar-refractivity contribution in [1.29, 1.82) is 0 Å². The van der Waals surface area contributed by atoms with Gasteiger partial charge in [0.05, 0.1) is 6.42 Å². The molecule has 148 valence electrons. The lowest BCUT2D eigenvalue weighted by Crippen LogP contribution is -2.43. The van der Waals surface area contributed by atoms with Crippen LogP contribution >= 0.6 is 0 Å². The summed E-state index contributed by atoms with van der Waals surface area (Å²) in [6.45, 7) is 0. The van der Waals surface area contributed by atoms with Gasteiger partial charge >= 0.3 is 6.18 Å². The molecule has 1 atom stereocenters. The number of carbonyl (C=O) groups excluding carboxylic acids is 1. The van der Waals surface area contributed by atoms with E-state index in [2.05, 4.69) is 5.32 Å². The first-order chi connectivity index (χ1) is 13.3. The Kier molecular flexibility index (Phi) is 4.60. The van der Waals surface area contributed by atoms with Crippen LogP contribution in [0.1, 0.15) is 48.8 Å². The van der Waals surface area contributed by atoms with E-state index in [1.165, 1.54) is 12.1 Å². The van der Waals surface area contributed by atoms with Crippen molar-refractivity contribution < 1.29 is 23.1 Å². The molecule has 2 aromatic rings. The lowest BCUT2D eigenvalue weighted by Gasteiger charge is -2.39. The number of benzene rings is 2. The predicted octanol–water partition coefficient (Wildman–Crippen LogP) is 5.32. The molecule has 0 spiro atoms. The summed E-state index contributed by atoms with van der Waals surface area (Å²) in [5.74, 6) is -0.417. The van der Waals surface area contributed by atoms with Crippen molar-refractivity contribution >= 4 is 11.6 Å². The predicted molar refractivity (Wildman–Crippen MR) is 100 cm³/mol. The van der Waals surface area contributed by atoms with Crippen LogP contribution in [0.3, 0.4) is 0 Å². The van der Waals surface area contributed by atoms with Gasteiger partial charge in [0, 0.05) is 11.3 Å². The average Bonchev–Trinajstić information content (AvgIpc) is 2.96. The number of halogens is 3. The number of rotatable bonds is 3. The third kappa shape index (κ3) is 2.95. The Morgan fingerprint density at radius 2 is 1.68 bits per heavy atom. The molecule has 28 heavy (non-hydrogen) atoms. The summed E-state index contributed by atoms with van der Waals surface area (Å²) in [6, 6.07) is 11.4. The molecule has 6 heteroatoms. The highest BCUT2D eigenvalue weighted by Gasteiger charge is 2.55. The van der Waals surface area contributed by atoms with Gasteiger partial charge in [0.2, 0.25) is 5.91 Å². The van der Waals surface area contributed by atoms with E-state index in [0.29, 0.717) is 11.1 Å². The van der Waals surface area contributed by atoms with E-state index >= 15 is 0 Å². The highest BCUT2D eigenvalue weighted by atomic mass is 19.4. The van der Waals surface area contributed by atoms with Crippen LogP contribution in [-0.2, 0) is 16.6 Å². The Balaban J connectivity index is 1.95. The van der Waals surface area contributed by atoms with E-state index in [1.54, 1.807) is 30.3 Å². The Hall–Kier alpha value is -2.50. The third-order valence-electron chi connectivity index (χ3n) is 6.11. The van der Waals surface area contributed by atoms with Crippen molar-refractivity contribution in [1.82, 2.24) is 0 Å². The molecule has 1 heterocycles. The highest BCUT2D eigenvalue weighted by Crippen LogP contribution is 2.54. The lowest BCUT2D eigenvalue weighted by molar-refractivity contribution is -0.127. The number of phenols is 1. The smallest absolute Gasteiger partial charge is 0.393 e. The Bertz CT molecular complexity index is 903. The van der Waals surface area contributed by atoms with Gasteiger partial charge < -0.3 is 10.4 Å². The molecular formula is C22H22F3NO2. The van der Waals surface area contributed by atoms with Crippen LogP contribution in [0.25, 0.3) is 0 Å². The third-order valence-corrected chi connectivity index (χ3v) is 6.11. The zero-order valence-electron chi connectivity index (χ0n) is 15.4. The molecule has 1 unspecified atom stereocenters. The molecular weight excluding hydrogens is 367 g/mol. The van der Waals surface area contributed by atoms with E-state index in [0.717, 1.165) is 32.1 Å². The van der Waals surface area contributed by atoms with Crippen LogP contribution in [0.2, 0.25) is 0 Å². The summed E-state index contributed by atoms with van der Waals surface area (Å²) < 4.78 is 39.3. The number of hydrogen-bond donors (Lipinski definition) is 2. The number of hydrogen-bond acceptors (Lipinski definition) is 2. The van der Waals surface area contributed by atoms with Crippen LogP contribution < -0.4 is 5.32 Å². The van der Waals surface area contributed by atoms with Gasteiger partial charge in [-0.05, 0) is 36.0 Å². The number of alkyl halides is 3. The summed E-state index contributed by atoms with van der Waals surface area (Å²) in [5.41, 5.74) is 0.169. The number of nitrogens with one attached hydrogen (secondary N) is 1. The first kappa shape index (κ1) is 18.8. The molecule has 1 aliphatic carbocycles. The first-order valence-corrected chi connectivity index (χ1v) is 9.63. The van der Waals surface area contributed by atoms with E-state index in [4.69, 9.17) is 0 Å². The Morgan fingerprint density at radius 3 is 2.36 bits per heavy atom. The minimum atomic E-state index is -4.37. The number of aromatic hydroxyl groups is 1. The molecule has 0 saturated heterocycles. The maximum atomic E-state index is 13.4. The van der Waals surface area contributed by atoms with Crippen LogP contribution in [0, 0.1) is 5.92 Å².